The van der Waals surface area contributed by atoms with E-state index in [9.17, 15) is 0 Å². The molecule has 0 aromatic carbocycles. The molecule has 70 valence electrons. The predicted octanol–water partition coefficient (Wildman–Crippen LogP) is 1.79. The minimum atomic E-state index is 0.908. The first-order valence-electron chi connectivity index (χ1n) is 4.53. The molecule has 0 amide bonds. The van der Waals surface area contributed by atoms with Crippen LogP contribution in [0.1, 0.15) is 12.5 Å². The lowest BCUT2D eigenvalue weighted by molar-refractivity contribution is 0.728. The number of nitrogens with one attached hydrogen (secondary N) is 1. The molecule has 0 spiro atoms. The van der Waals surface area contributed by atoms with E-state index < -0.39 is 0 Å². The molecule has 1 heterocycles. The summed E-state index contributed by atoms with van der Waals surface area (Å²) in [5, 5.41) is 3.31. The second-order valence-corrected chi connectivity index (χ2v) is 3.24. The molecular weight excluding hydrogens is 160 g/mol. The van der Waals surface area contributed by atoms with Gasteiger partial charge in [-0.15, -0.1) is 0 Å². The first-order valence-corrected chi connectivity index (χ1v) is 4.53. The van der Waals surface area contributed by atoms with Crippen LogP contribution in [0.4, 0.5) is 0 Å². The van der Waals surface area contributed by atoms with Gasteiger partial charge >= 0.3 is 0 Å². The maximum absolute atomic E-state index is 3.97. The van der Waals surface area contributed by atoms with Gasteiger partial charge in [0.1, 0.15) is 0 Å². The summed E-state index contributed by atoms with van der Waals surface area (Å²) in [5.41, 5.74) is 2.50. The van der Waals surface area contributed by atoms with Crippen LogP contribution in [0.5, 0.6) is 0 Å². The van der Waals surface area contributed by atoms with Gasteiger partial charge in [0.25, 0.3) is 0 Å². The molecule has 2 nitrogen and oxygen atoms in total. The van der Waals surface area contributed by atoms with E-state index in [4.69, 9.17) is 0 Å². The lowest BCUT2D eigenvalue weighted by Gasteiger charge is -2.03. The number of pyridine rings is 1. The fourth-order valence-corrected chi connectivity index (χ4v) is 1.08. The number of nitrogens with zero attached hydrogens (tertiary/aromatic N) is 1. The molecule has 1 N–H and O–H groups in total. The van der Waals surface area contributed by atoms with E-state index in [1.165, 1.54) is 11.1 Å². The molecule has 0 aliphatic carbocycles. The summed E-state index contributed by atoms with van der Waals surface area (Å²) in [5.74, 6) is 0. The Balaban J connectivity index is 2.17. The van der Waals surface area contributed by atoms with Crippen LogP contribution in [0.15, 0.2) is 36.7 Å². The largest absolute Gasteiger partial charge is 0.313 e. The van der Waals surface area contributed by atoms with Gasteiger partial charge in [-0.05, 0) is 37.6 Å². The van der Waals surface area contributed by atoms with Crippen molar-refractivity contribution in [3.05, 3.63) is 42.2 Å². The van der Waals surface area contributed by atoms with Crippen molar-refractivity contribution < 1.29 is 0 Å². The van der Waals surface area contributed by atoms with Gasteiger partial charge in [-0.2, -0.15) is 0 Å². The quantitative estimate of drug-likeness (QED) is 0.546. The molecule has 2 heteroatoms. The second kappa shape index (κ2) is 5.49. The van der Waals surface area contributed by atoms with Crippen molar-refractivity contribution in [1.82, 2.24) is 10.3 Å². The Kier molecular flexibility index (Phi) is 4.19. The van der Waals surface area contributed by atoms with Crippen LogP contribution in [0.2, 0.25) is 0 Å². The van der Waals surface area contributed by atoms with Crippen LogP contribution in [0.3, 0.4) is 0 Å². The molecule has 1 aromatic rings. The molecule has 0 bridgehead atoms. The molecule has 0 radical (unpaired) electrons. The number of hydrogen-bond donors (Lipinski definition) is 1. The van der Waals surface area contributed by atoms with Crippen LogP contribution in [-0.4, -0.2) is 18.1 Å². The zero-order chi connectivity index (χ0) is 9.52. The smallest absolute Gasteiger partial charge is 0.0270 e. The molecule has 0 saturated heterocycles. The van der Waals surface area contributed by atoms with Gasteiger partial charge in [0.2, 0.25) is 0 Å². The SMILES string of the molecule is C=C(C)CNCCc1ccncc1. The van der Waals surface area contributed by atoms with Gasteiger partial charge in [-0.25, -0.2) is 0 Å². The first kappa shape index (κ1) is 9.93. The van der Waals surface area contributed by atoms with Gasteiger partial charge in [-0.1, -0.05) is 12.2 Å². The monoisotopic (exact) mass is 176 g/mol. The van der Waals surface area contributed by atoms with E-state index in [-0.39, 0.29) is 0 Å². The second-order valence-electron chi connectivity index (χ2n) is 3.24. The zero-order valence-corrected chi connectivity index (χ0v) is 8.09. The average molecular weight is 176 g/mol. The van der Waals surface area contributed by atoms with E-state index >= 15 is 0 Å². The Labute approximate surface area is 79.7 Å². The third-order valence-corrected chi connectivity index (χ3v) is 1.77. The van der Waals surface area contributed by atoms with Gasteiger partial charge < -0.3 is 5.32 Å². The Morgan fingerprint density at radius 2 is 2.15 bits per heavy atom. The summed E-state index contributed by atoms with van der Waals surface area (Å²) in [4.78, 5) is 3.97. The topological polar surface area (TPSA) is 24.9 Å². The highest BCUT2D eigenvalue weighted by molar-refractivity contribution is 5.09. The summed E-state index contributed by atoms with van der Waals surface area (Å²) >= 11 is 0. The molecule has 0 fully saturated rings. The van der Waals surface area contributed by atoms with Gasteiger partial charge in [0.05, 0.1) is 0 Å². The maximum atomic E-state index is 3.97. The summed E-state index contributed by atoms with van der Waals surface area (Å²) in [6, 6.07) is 4.09. The third-order valence-electron chi connectivity index (χ3n) is 1.77. The maximum Gasteiger partial charge on any atom is 0.0270 e. The minimum Gasteiger partial charge on any atom is -0.313 e. The summed E-state index contributed by atoms with van der Waals surface area (Å²) < 4.78 is 0. The Hall–Kier alpha value is -1.15. The Morgan fingerprint density at radius 1 is 1.46 bits per heavy atom. The first-order chi connectivity index (χ1) is 6.29. The summed E-state index contributed by atoms with van der Waals surface area (Å²) in [6.45, 7) is 7.76. The number of aromatic nitrogens is 1. The zero-order valence-electron chi connectivity index (χ0n) is 8.09. The summed E-state index contributed by atoms with van der Waals surface area (Å²) in [6.07, 6.45) is 4.71. The average Bonchev–Trinajstić information content (AvgIpc) is 2.14. The van der Waals surface area contributed by atoms with Crippen molar-refractivity contribution >= 4 is 0 Å². The van der Waals surface area contributed by atoms with Crippen LogP contribution < -0.4 is 5.32 Å². The molecular formula is C11H16N2. The van der Waals surface area contributed by atoms with E-state index in [2.05, 4.69) is 16.9 Å². The minimum absolute atomic E-state index is 0.908. The predicted molar refractivity (Wildman–Crippen MR) is 55.6 cm³/mol. The third kappa shape index (κ3) is 4.43. The molecule has 0 unspecified atom stereocenters. The number of hydrogen-bond acceptors (Lipinski definition) is 2. The fourth-order valence-electron chi connectivity index (χ4n) is 1.08. The lowest BCUT2D eigenvalue weighted by Crippen LogP contribution is -2.18. The van der Waals surface area contributed by atoms with E-state index in [1.807, 2.05) is 31.5 Å². The van der Waals surface area contributed by atoms with Crippen molar-refractivity contribution in [1.29, 1.82) is 0 Å². The molecule has 0 aliphatic heterocycles. The van der Waals surface area contributed by atoms with Gasteiger partial charge in [0, 0.05) is 18.9 Å². The van der Waals surface area contributed by atoms with Crippen LogP contribution in [-0.2, 0) is 6.42 Å². The Bertz CT molecular complexity index is 254. The van der Waals surface area contributed by atoms with Crippen molar-refractivity contribution in [3.8, 4) is 0 Å². The normalized spacial score (nSPS) is 9.92. The van der Waals surface area contributed by atoms with Crippen LogP contribution in [0, 0.1) is 0 Å². The lowest BCUT2D eigenvalue weighted by atomic mass is 10.2. The van der Waals surface area contributed by atoms with Crippen LogP contribution >= 0.6 is 0 Å². The van der Waals surface area contributed by atoms with Crippen LogP contribution in [0.25, 0.3) is 0 Å². The molecule has 1 rings (SSSR count). The highest BCUT2D eigenvalue weighted by Crippen LogP contribution is 1.95. The van der Waals surface area contributed by atoms with Crippen molar-refractivity contribution in [2.45, 2.75) is 13.3 Å². The van der Waals surface area contributed by atoms with Gasteiger partial charge in [-0.3, -0.25) is 4.98 Å². The van der Waals surface area contributed by atoms with E-state index in [0.717, 1.165) is 19.5 Å². The van der Waals surface area contributed by atoms with Gasteiger partial charge in [0.15, 0.2) is 0 Å². The molecule has 0 saturated carbocycles. The molecule has 1 aromatic heterocycles. The highest BCUT2D eigenvalue weighted by Gasteiger charge is 1.91. The van der Waals surface area contributed by atoms with Crippen molar-refractivity contribution in [2.75, 3.05) is 13.1 Å². The molecule has 13 heavy (non-hydrogen) atoms. The molecule has 0 atom stereocenters. The fraction of sp³-hybridized carbons (Fsp3) is 0.364. The van der Waals surface area contributed by atoms with Crippen molar-refractivity contribution in [3.63, 3.8) is 0 Å². The van der Waals surface area contributed by atoms with Crippen molar-refractivity contribution in [2.24, 2.45) is 0 Å². The van der Waals surface area contributed by atoms with E-state index in [0.29, 0.717) is 0 Å². The standard InChI is InChI=1S/C11H16N2/c1-10(2)9-13-8-5-11-3-6-12-7-4-11/h3-4,6-7,13H,1,5,8-9H2,2H3. The molecule has 0 aliphatic rings. The Morgan fingerprint density at radius 3 is 2.77 bits per heavy atom. The highest BCUT2D eigenvalue weighted by atomic mass is 14.8. The van der Waals surface area contributed by atoms with E-state index in [1.54, 1.807) is 0 Å². The summed E-state index contributed by atoms with van der Waals surface area (Å²) in [7, 11) is 0. The number of rotatable bonds is 5.